The first-order valence-corrected chi connectivity index (χ1v) is 10.8. The van der Waals surface area contributed by atoms with E-state index in [2.05, 4.69) is 20.8 Å². The van der Waals surface area contributed by atoms with Crippen molar-refractivity contribution >= 4 is 7.82 Å². The highest BCUT2D eigenvalue weighted by Gasteiger charge is 2.35. The second-order valence-corrected chi connectivity index (χ2v) is 8.38. The van der Waals surface area contributed by atoms with Crippen LogP contribution in [0.2, 0.25) is 0 Å². The largest absolute Gasteiger partial charge is 0.532 e. The molecule has 3 atom stereocenters. The highest BCUT2D eigenvalue weighted by molar-refractivity contribution is 7.48. The van der Waals surface area contributed by atoms with Gasteiger partial charge >= 0.3 is 7.82 Å². The van der Waals surface area contributed by atoms with Crippen LogP contribution in [-0.4, -0.2) is 19.3 Å². The number of hydrogen-bond donors (Lipinski definition) is 0. The molecule has 5 nitrogen and oxygen atoms in total. The lowest BCUT2D eigenvalue weighted by atomic mass is 9.75. The van der Waals surface area contributed by atoms with Crippen LogP contribution in [0.15, 0.2) is 12.0 Å². The van der Waals surface area contributed by atoms with Crippen molar-refractivity contribution in [2.45, 2.75) is 73.3 Å². The number of phosphoric acid groups is 1. The second-order valence-electron chi connectivity index (χ2n) is 6.79. The average Bonchev–Trinajstić information content (AvgIpc) is 2.47. The van der Waals surface area contributed by atoms with Crippen LogP contribution in [0.4, 0.5) is 0 Å². The zero-order chi connectivity index (χ0) is 18.2. The predicted octanol–water partition coefficient (Wildman–Crippen LogP) is 5.91. The maximum atomic E-state index is 12.6. The van der Waals surface area contributed by atoms with Gasteiger partial charge in [-0.15, -0.1) is 0 Å². The summed E-state index contributed by atoms with van der Waals surface area (Å²) in [5.74, 6) is 1.91. The summed E-state index contributed by atoms with van der Waals surface area (Å²) in [5.41, 5.74) is 0. The van der Waals surface area contributed by atoms with E-state index in [0.717, 1.165) is 19.3 Å². The molecule has 0 unspecified atom stereocenters. The first-order valence-electron chi connectivity index (χ1n) is 9.30. The highest BCUT2D eigenvalue weighted by Crippen LogP contribution is 2.52. The molecule has 0 bridgehead atoms. The molecule has 0 aromatic carbocycles. The molecule has 6 heteroatoms. The number of allylic oxidation sites excluding steroid dienone is 1. The van der Waals surface area contributed by atoms with Crippen LogP contribution in [-0.2, 0) is 22.9 Å². The molecule has 0 spiro atoms. The maximum Gasteiger partial charge on any atom is 0.532 e. The Hall–Kier alpha value is -0.510. The van der Waals surface area contributed by atoms with E-state index >= 15 is 0 Å². The van der Waals surface area contributed by atoms with Crippen LogP contribution in [0.3, 0.4) is 0 Å². The van der Waals surface area contributed by atoms with Gasteiger partial charge in [0.1, 0.15) is 6.10 Å². The molecule has 0 aliphatic heterocycles. The number of phosphoric ester groups is 1. The van der Waals surface area contributed by atoms with Gasteiger partial charge in [0.05, 0.1) is 13.2 Å². The molecule has 142 valence electrons. The predicted molar refractivity (Wildman–Crippen MR) is 96.5 cm³/mol. The third-order valence-electron chi connectivity index (χ3n) is 4.38. The minimum absolute atomic E-state index is 0.0725. The maximum absolute atomic E-state index is 12.6. The minimum atomic E-state index is -3.62. The number of rotatable bonds is 10. The summed E-state index contributed by atoms with van der Waals surface area (Å²) >= 11 is 0. The van der Waals surface area contributed by atoms with Crippen molar-refractivity contribution in [1.29, 1.82) is 0 Å². The van der Waals surface area contributed by atoms with Crippen molar-refractivity contribution < 1.29 is 22.9 Å². The first-order chi connectivity index (χ1) is 11.3. The fourth-order valence-corrected chi connectivity index (χ4v) is 4.34. The Morgan fingerprint density at radius 1 is 1.17 bits per heavy atom. The molecule has 0 aromatic rings. The molecule has 1 saturated carbocycles. The van der Waals surface area contributed by atoms with Gasteiger partial charge in [-0.1, -0.05) is 34.1 Å². The Balaban J connectivity index is 2.87. The van der Waals surface area contributed by atoms with Gasteiger partial charge in [0, 0.05) is 0 Å². The third-order valence-corrected chi connectivity index (χ3v) is 5.93. The van der Waals surface area contributed by atoms with Gasteiger partial charge in [-0.05, 0) is 56.9 Å². The summed E-state index contributed by atoms with van der Waals surface area (Å²) < 4.78 is 34.8. The molecule has 0 heterocycles. The fourth-order valence-electron chi connectivity index (χ4n) is 3.19. The smallest absolute Gasteiger partial charge is 0.462 e. The average molecular weight is 362 g/mol. The van der Waals surface area contributed by atoms with Crippen LogP contribution in [0.1, 0.15) is 67.2 Å². The van der Waals surface area contributed by atoms with Crippen molar-refractivity contribution in [1.82, 2.24) is 0 Å². The monoisotopic (exact) mass is 362 g/mol. The van der Waals surface area contributed by atoms with E-state index in [1.807, 2.05) is 6.92 Å². The molecule has 1 rings (SSSR count). The summed E-state index contributed by atoms with van der Waals surface area (Å²) in [4.78, 5) is 0. The SMILES string of the molecule is CC/C=C(\O[C@@H]1C[C@H](C)CC[C@H]1C(C)C)OP(=O)(OCC)OCC. The molecule has 1 fully saturated rings. The van der Waals surface area contributed by atoms with Crippen molar-refractivity contribution in [2.24, 2.45) is 17.8 Å². The van der Waals surface area contributed by atoms with Gasteiger partial charge in [-0.25, -0.2) is 4.57 Å². The van der Waals surface area contributed by atoms with Crippen LogP contribution in [0.25, 0.3) is 0 Å². The van der Waals surface area contributed by atoms with Gasteiger partial charge in [0.2, 0.25) is 0 Å². The Bertz CT molecular complexity index is 425. The molecule has 0 radical (unpaired) electrons. The molecule has 1 aliphatic rings. The Morgan fingerprint density at radius 2 is 1.79 bits per heavy atom. The lowest BCUT2D eigenvalue weighted by molar-refractivity contribution is -0.0465. The first kappa shape index (κ1) is 21.5. The van der Waals surface area contributed by atoms with Crippen LogP contribution < -0.4 is 0 Å². The van der Waals surface area contributed by atoms with Gasteiger partial charge in [0.25, 0.3) is 5.95 Å². The molecule has 0 N–H and O–H groups in total. The van der Waals surface area contributed by atoms with E-state index in [0.29, 0.717) is 17.8 Å². The van der Waals surface area contributed by atoms with Crippen LogP contribution >= 0.6 is 7.82 Å². The lowest BCUT2D eigenvalue weighted by Crippen LogP contribution is -2.34. The summed E-state index contributed by atoms with van der Waals surface area (Å²) in [6.07, 6.45) is 5.97. The lowest BCUT2D eigenvalue weighted by Gasteiger charge is -2.37. The highest BCUT2D eigenvalue weighted by atomic mass is 31.2. The summed E-state index contributed by atoms with van der Waals surface area (Å²) in [6, 6.07) is 0. The summed E-state index contributed by atoms with van der Waals surface area (Å²) in [7, 11) is -3.62. The Morgan fingerprint density at radius 3 is 2.29 bits per heavy atom. The zero-order valence-electron chi connectivity index (χ0n) is 16.1. The van der Waals surface area contributed by atoms with E-state index in [4.69, 9.17) is 18.3 Å². The standard InChI is InChI=1S/C18H35O5P/c1-7-10-18(23-24(19,20-8-2)21-9-3)22-17-13-15(6)11-12-16(17)14(4)5/h10,14-17H,7-9,11-13H2,1-6H3/b18-10+/t15-,16+,17-/m1/s1. The topological polar surface area (TPSA) is 54.0 Å². The van der Waals surface area contributed by atoms with Crippen LogP contribution in [0, 0.1) is 17.8 Å². The van der Waals surface area contributed by atoms with Crippen molar-refractivity contribution in [3.8, 4) is 0 Å². The van der Waals surface area contributed by atoms with E-state index in [1.165, 1.54) is 6.42 Å². The third kappa shape index (κ3) is 6.78. The number of ether oxygens (including phenoxy) is 1. The normalized spacial score (nSPS) is 25.8. The summed E-state index contributed by atoms with van der Waals surface area (Å²) in [6.45, 7) is 12.7. The Labute approximate surface area is 147 Å². The second kappa shape index (κ2) is 10.5. The van der Waals surface area contributed by atoms with E-state index in [1.54, 1.807) is 19.9 Å². The molecule has 24 heavy (non-hydrogen) atoms. The van der Waals surface area contributed by atoms with Crippen molar-refractivity contribution in [3.05, 3.63) is 12.0 Å². The molecule has 0 amide bonds. The van der Waals surface area contributed by atoms with Crippen molar-refractivity contribution in [3.63, 3.8) is 0 Å². The Kier molecular flexibility index (Phi) is 9.40. The molecule has 1 aliphatic carbocycles. The number of hydrogen-bond acceptors (Lipinski definition) is 5. The fraction of sp³-hybridized carbons (Fsp3) is 0.889. The van der Waals surface area contributed by atoms with E-state index in [9.17, 15) is 4.57 Å². The quantitative estimate of drug-likeness (QED) is 0.357. The van der Waals surface area contributed by atoms with E-state index in [-0.39, 0.29) is 25.3 Å². The molecule has 0 saturated heterocycles. The van der Waals surface area contributed by atoms with Gasteiger partial charge in [0.15, 0.2) is 0 Å². The van der Waals surface area contributed by atoms with Crippen LogP contribution in [0.5, 0.6) is 0 Å². The van der Waals surface area contributed by atoms with Gasteiger partial charge in [-0.3, -0.25) is 9.05 Å². The molecular weight excluding hydrogens is 327 g/mol. The molecular formula is C18H35O5P. The zero-order valence-corrected chi connectivity index (χ0v) is 17.0. The minimum Gasteiger partial charge on any atom is -0.462 e. The van der Waals surface area contributed by atoms with Gasteiger partial charge < -0.3 is 9.26 Å². The summed E-state index contributed by atoms with van der Waals surface area (Å²) in [5, 5.41) is 0. The molecule has 0 aromatic heterocycles. The van der Waals surface area contributed by atoms with Gasteiger partial charge in [-0.2, -0.15) is 0 Å². The van der Waals surface area contributed by atoms with E-state index < -0.39 is 7.82 Å². The van der Waals surface area contributed by atoms with Crippen molar-refractivity contribution in [2.75, 3.05) is 13.2 Å².